The molecule has 0 aliphatic carbocycles. The number of ether oxygens (including phenoxy) is 1. The Bertz CT molecular complexity index is 1070. The summed E-state index contributed by atoms with van der Waals surface area (Å²) in [5.41, 5.74) is 6.84. The smallest absolute Gasteiger partial charge is 0.244 e. The SMILES string of the molecule is COc1c(/C(C)=C/C(=O)NCCC(C)C)cc2c(-c3ccc(C)cc3)coc2c1C. The lowest BCUT2D eigenvalue weighted by Gasteiger charge is -2.13. The first kappa shape index (κ1) is 21.7. The third-order valence-corrected chi connectivity index (χ3v) is 5.40. The van der Waals surface area contributed by atoms with Crippen LogP contribution >= 0.6 is 0 Å². The Morgan fingerprint density at radius 3 is 2.53 bits per heavy atom. The highest BCUT2D eigenvalue weighted by atomic mass is 16.5. The second-order valence-corrected chi connectivity index (χ2v) is 8.28. The fraction of sp³-hybridized carbons (Fsp3) is 0.346. The second-order valence-electron chi connectivity index (χ2n) is 8.28. The number of fused-ring (bicyclic) bond motifs is 1. The number of aryl methyl sites for hydroxylation is 2. The van der Waals surface area contributed by atoms with Crippen molar-refractivity contribution in [2.24, 2.45) is 5.92 Å². The molecule has 0 aliphatic rings. The lowest BCUT2D eigenvalue weighted by Crippen LogP contribution is -2.23. The summed E-state index contributed by atoms with van der Waals surface area (Å²) in [6, 6.07) is 10.5. The van der Waals surface area contributed by atoms with Crippen molar-refractivity contribution in [2.45, 2.75) is 41.0 Å². The van der Waals surface area contributed by atoms with E-state index in [1.165, 1.54) is 5.56 Å². The summed E-state index contributed by atoms with van der Waals surface area (Å²) in [5, 5.41) is 3.98. The Balaban J connectivity index is 2.03. The number of nitrogens with one attached hydrogen (secondary N) is 1. The molecule has 3 aromatic rings. The predicted molar refractivity (Wildman–Crippen MR) is 124 cm³/mol. The standard InChI is InChI=1S/C26H31NO3/c1-16(2)11-12-27-24(28)13-18(4)21-14-22-23(20-9-7-17(3)8-10-20)15-30-26(22)19(5)25(21)29-6/h7-10,13-16H,11-12H2,1-6H3,(H,27,28)/b18-13+. The molecular formula is C26H31NO3. The number of allylic oxidation sites excluding steroid dienone is 1. The molecule has 158 valence electrons. The van der Waals surface area contributed by atoms with Crippen molar-refractivity contribution >= 4 is 22.4 Å². The van der Waals surface area contributed by atoms with Gasteiger partial charge in [-0.3, -0.25) is 4.79 Å². The van der Waals surface area contributed by atoms with E-state index in [0.29, 0.717) is 12.5 Å². The molecule has 0 atom stereocenters. The predicted octanol–water partition coefficient (Wildman–Crippen LogP) is 6.29. The highest BCUT2D eigenvalue weighted by molar-refractivity contribution is 6.01. The van der Waals surface area contributed by atoms with Gasteiger partial charge in [-0.25, -0.2) is 0 Å². The highest BCUT2D eigenvalue weighted by Gasteiger charge is 2.18. The van der Waals surface area contributed by atoms with Gasteiger partial charge in [-0.05, 0) is 50.3 Å². The lowest BCUT2D eigenvalue weighted by atomic mass is 9.96. The van der Waals surface area contributed by atoms with E-state index >= 15 is 0 Å². The minimum atomic E-state index is -0.0843. The molecule has 0 bridgehead atoms. The molecule has 3 rings (SSSR count). The lowest BCUT2D eigenvalue weighted by molar-refractivity contribution is -0.116. The summed E-state index contributed by atoms with van der Waals surface area (Å²) in [6.07, 6.45) is 4.40. The quantitative estimate of drug-likeness (QED) is 0.470. The fourth-order valence-electron chi connectivity index (χ4n) is 3.64. The van der Waals surface area contributed by atoms with Gasteiger partial charge in [0.05, 0.1) is 13.4 Å². The summed E-state index contributed by atoms with van der Waals surface area (Å²) < 4.78 is 11.6. The number of hydrogen-bond donors (Lipinski definition) is 1. The summed E-state index contributed by atoms with van der Waals surface area (Å²) >= 11 is 0. The van der Waals surface area contributed by atoms with Crippen molar-refractivity contribution in [3.63, 3.8) is 0 Å². The largest absolute Gasteiger partial charge is 0.496 e. The van der Waals surface area contributed by atoms with Gasteiger partial charge in [0.15, 0.2) is 0 Å². The summed E-state index contributed by atoms with van der Waals surface area (Å²) in [7, 11) is 1.65. The minimum absolute atomic E-state index is 0.0843. The topological polar surface area (TPSA) is 51.5 Å². The van der Waals surface area contributed by atoms with Gasteiger partial charge in [-0.2, -0.15) is 0 Å². The Kier molecular flexibility index (Phi) is 6.66. The van der Waals surface area contributed by atoms with Gasteiger partial charge in [0.1, 0.15) is 11.3 Å². The Hall–Kier alpha value is -3.01. The van der Waals surface area contributed by atoms with Gasteiger partial charge >= 0.3 is 0 Å². The van der Waals surface area contributed by atoms with Gasteiger partial charge in [-0.1, -0.05) is 43.7 Å². The number of furan rings is 1. The van der Waals surface area contributed by atoms with Crippen LogP contribution in [0.5, 0.6) is 5.75 Å². The zero-order chi connectivity index (χ0) is 21.8. The number of methoxy groups -OCH3 is 1. The maximum Gasteiger partial charge on any atom is 0.244 e. The molecule has 1 N–H and O–H groups in total. The van der Waals surface area contributed by atoms with Gasteiger partial charge in [-0.15, -0.1) is 0 Å². The Labute approximate surface area is 178 Å². The maximum absolute atomic E-state index is 12.4. The van der Waals surface area contributed by atoms with E-state index in [0.717, 1.165) is 51.0 Å². The first-order chi connectivity index (χ1) is 14.3. The van der Waals surface area contributed by atoms with E-state index in [9.17, 15) is 4.79 Å². The van der Waals surface area contributed by atoms with Gasteiger partial charge in [0.2, 0.25) is 5.91 Å². The van der Waals surface area contributed by atoms with Gasteiger partial charge < -0.3 is 14.5 Å². The van der Waals surface area contributed by atoms with E-state index in [4.69, 9.17) is 9.15 Å². The molecule has 1 aromatic heterocycles. The number of amides is 1. The monoisotopic (exact) mass is 405 g/mol. The number of benzene rings is 2. The number of rotatable bonds is 7. The molecule has 0 fully saturated rings. The van der Waals surface area contributed by atoms with E-state index in [1.54, 1.807) is 19.4 Å². The molecular weight excluding hydrogens is 374 g/mol. The number of carbonyl (C=O) groups is 1. The van der Waals surface area contributed by atoms with Crippen LogP contribution in [0.4, 0.5) is 0 Å². The number of carbonyl (C=O) groups excluding carboxylic acids is 1. The third kappa shape index (κ3) is 4.59. The van der Waals surface area contributed by atoms with Gasteiger partial charge in [0, 0.05) is 34.7 Å². The van der Waals surface area contributed by atoms with Crippen LogP contribution in [0.1, 0.15) is 43.9 Å². The molecule has 0 saturated carbocycles. The van der Waals surface area contributed by atoms with Crippen molar-refractivity contribution in [2.75, 3.05) is 13.7 Å². The molecule has 1 amide bonds. The van der Waals surface area contributed by atoms with Gasteiger partial charge in [0.25, 0.3) is 0 Å². The summed E-state index contributed by atoms with van der Waals surface area (Å²) in [6.45, 7) is 11.0. The normalized spacial score (nSPS) is 11.9. The maximum atomic E-state index is 12.4. The second kappa shape index (κ2) is 9.21. The molecule has 0 aliphatic heterocycles. The summed E-state index contributed by atoms with van der Waals surface area (Å²) in [4.78, 5) is 12.4. The van der Waals surface area contributed by atoms with Crippen LogP contribution in [0.25, 0.3) is 27.7 Å². The average molecular weight is 406 g/mol. The third-order valence-electron chi connectivity index (χ3n) is 5.40. The van der Waals surface area contributed by atoms with E-state index in [2.05, 4.69) is 56.4 Å². The fourth-order valence-corrected chi connectivity index (χ4v) is 3.64. The van der Waals surface area contributed by atoms with E-state index in [-0.39, 0.29) is 5.91 Å². The molecule has 0 unspecified atom stereocenters. The van der Waals surface area contributed by atoms with Crippen molar-refractivity contribution in [1.82, 2.24) is 5.32 Å². The molecule has 2 aromatic carbocycles. The minimum Gasteiger partial charge on any atom is -0.496 e. The van der Waals surface area contributed by atoms with Crippen molar-refractivity contribution in [3.05, 3.63) is 59.4 Å². The first-order valence-corrected chi connectivity index (χ1v) is 10.4. The molecule has 1 heterocycles. The molecule has 0 saturated heterocycles. The van der Waals surface area contributed by atoms with Crippen LogP contribution in [0.2, 0.25) is 0 Å². The van der Waals surface area contributed by atoms with Crippen LogP contribution in [-0.2, 0) is 4.79 Å². The molecule has 30 heavy (non-hydrogen) atoms. The highest BCUT2D eigenvalue weighted by Crippen LogP contribution is 2.40. The molecule has 4 heteroatoms. The van der Waals surface area contributed by atoms with E-state index in [1.807, 2.05) is 13.8 Å². The molecule has 4 nitrogen and oxygen atoms in total. The molecule has 0 spiro atoms. The van der Waals surface area contributed by atoms with Crippen molar-refractivity contribution in [1.29, 1.82) is 0 Å². The Morgan fingerprint density at radius 2 is 1.90 bits per heavy atom. The Morgan fingerprint density at radius 1 is 1.20 bits per heavy atom. The first-order valence-electron chi connectivity index (χ1n) is 10.4. The van der Waals surface area contributed by atoms with Crippen LogP contribution < -0.4 is 10.1 Å². The van der Waals surface area contributed by atoms with Crippen molar-refractivity contribution in [3.8, 4) is 16.9 Å². The van der Waals surface area contributed by atoms with Crippen LogP contribution in [0.15, 0.2) is 47.1 Å². The average Bonchev–Trinajstić information content (AvgIpc) is 3.12. The van der Waals surface area contributed by atoms with Crippen LogP contribution in [0, 0.1) is 19.8 Å². The molecule has 0 radical (unpaired) electrons. The van der Waals surface area contributed by atoms with E-state index < -0.39 is 0 Å². The zero-order valence-electron chi connectivity index (χ0n) is 18.8. The number of hydrogen-bond acceptors (Lipinski definition) is 3. The van der Waals surface area contributed by atoms with Crippen molar-refractivity contribution < 1.29 is 13.9 Å². The zero-order valence-corrected chi connectivity index (χ0v) is 18.8. The van der Waals surface area contributed by atoms with Crippen LogP contribution in [-0.4, -0.2) is 19.6 Å². The summed E-state index contributed by atoms with van der Waals surface area (Å²) in [5.74, 6) is 1.21. The van der Waals surface area contributed by atoms with Crippen LogP contribution in [0.3, 0.4) is 0 Å².